The molecule has 1 unspecified atom stereocenters. The van der Waals surface area contributed by atoms with Crippen LogP contribution in [0.3, 0.4) is 0 Å². The number of nitrogens with two attached hydrogens (primary N) is 1. The third-order valence-electron chi connectivity index (χ3n) is 2.61. The minimum Gasteiger partial charge on any atom is -0.496 e. The molecule has 0 saturated carbocycles. The highest BCUT2D eigenvalue weighted by molar-refractivity contribution is 5.76. The van der Waals surface area contributed by atoms with Crippen LogP contribution in [0.5, 0.6) is 11.5 Å². The predicted molar refractivity (Wildman–Crippen MR) is 63.5 cm³/mol. The lowest BCUT2D eigenvalue weighted by Crippen LogP contribution is -2.21. The Kier molecular flexibility index (Phi) is 4.34. The second-order valence-electron chi connectivity index (χ2n) is 3.58. The number of hydrogen-bond donors (Lipinski definition) is 2. The highest BCUT2D eigenvalue weighted by Crippen LogP contribution is 2.32. The van der Waals surface area contributed by atoms with Crippen molar-refractivity contribution in [3.63, 3.8) is 0 Å². The average molecular weight is 239 g/mol. The number of aliphatic carboxylic acids is 1. The quantitative estimate of drug-likeness (QED) is 0.810. The fourth-order valence-electron chi connectivity index (χ4n) is 1.64. The summed E-state index contributed by atoms with van der Waals surface area (Å²) in [5.41, 5.74) is 6.96. The van der Waals surface area contributed by atoms with Crippen LogP contribution in [-0.2, 0) is 11.2 Å². The Labute approximate surface area is 100 Å². The van der Waals surface area contributed by atoms with Gasteiger partial charge in [-0.3, -0.25) is 4.79 Å². The zero-order valence-corrected chi connectivity index (χ0v) is 10.2. The smallest absolute Gasteiger partial charge is 0.325 e. The molecule has 0 radical (unpaired) electrons. The Hall–Kier alpha value is -1.75. The molecule has 1 atom stereocenters. The Morgan fingerprint density at radius 3 is 2.35 bits per heavy atom. The van der Waals surface area contributed by atoms with Crippen molar-refractivity contribution in [1.29, 1.82) is 0 Å². The molecule has 0 spiro atoms. The summed E-state index contributed by atoms with van der Waals surface area (Å²) in [6, 6.07) is 2.26. The Morgan fingerprint density at radius 1 is 1.35 bits per heavy atom. The second kappa shape index (κ2) is 5.54. The van der Waals surface area contributed by atoms with Gasteiger partial charge in [0.15, 0.2) is 0 Å². The molecule has 1 aromatic rings. The largest absolute Gasteiger partial charge is 0.496 e. The SMILES string of the molecule is CCc1cc(OC)c(C(N)C(=O)O)cc1OC. The number of aryl methyl sites for hydroxylation is 1. The van der Waals surface area contributed by atoms with Gasteiger partial charge in [0.2, 0.25) is 0 Å². The van der Waals surface area contributed by atoms with E-state index in [9.17, 15) is 4.79 Å². The molecule has 5 heteroatoms. The standard InChI is InChI=1S/C12H17NO4/c1-4-7-5-10(17-3)8(6-9(7)16-2)11(13)12(14)15/h5-6,11H,4,13H2,1-3H3,(H,14,15). The number of carboxylic acids is 1. The summed E-state index contributed by atoms with van der Waals surface area (Å²) in [6.45, 7) is 1.98. The van der Waals surface area contributed by atoms with Gasteiger partial charge in [0.05, 0.1) is 14.2 Å². The summed E-state index contributed by atoms with van der Waals surface area (Å²) < 4.78 is 10.4. The molecule has 5 nitrogen and oxygen atoms in total. The van der Waals surface area contributed by atoms with E-state index in [1.807, 2.05) is 6.92 Å². The maximum Gasteiger partial charge on any atom is 0.325 e. The van der Waals surface area contributed by atoms with Crippen molar-refractivity contribution in [2.75, 3.05) is 14.2 Å². The molecule has 0 aliphatic rings. The van der Waals surface area contributed by atoms with Gasteiger partial charge in [-0.1, -0.05) is 6.92 Å². The monoisotopic (exact) mass is 239 g/mol. The summed E-state index contributed by atoms with van der Waals surface area (Å²) in [6.07, 6.45) is 0.766. The summed E-state index contributed by atoms with van der Waals surface area (Å²) in [5, 5.41) is 8.92. The molecule has 0 aromatic heterocycles. The summed E-state index contributed by atoms with van der Waals surface area (Å²) >= 11 is 0. The van der Waals surface area contributed by atoms with Crippen LogP contribution in [0.2, 0.25) is 0 Å². The van der Waals surface area contributed by atoms with Gasteiger partial charge < -0.3 is 20.3 Å². The predicted octanol–water partition coefficient (Wildman–Crippen LogP) is 1.35. The first-order chi connectivity index (χ1) is 8.04. The normalized spacial score (nSPS) is 12.0. The topological polar surface area (TPSA) is 81.8 Å². The fraction of sp³-hybridized carbons (Fsp3) is 0.417. The Bertz CT molecular complexity index is 417. The second-order valence-corrected chi connectivity index (χ2v) is 3.58. The van der Waals surface area contributed by atoms with Crippen molar-refractivity contribution in [1.82, 2.24) is 0 Å². The molecule has 0 aliphatic carbocycles. The zero-order chi connectivity index (χ0) is 13.0. The first-order valence-electron chi connectivity index (χ1n) is 5.28. The molecule has 1 rings (SSSR count). The van der Waals surface area contributed by atoms with Crippen molar-refractivity contribution in [2.45, 2.75) is 19.4 Å². The van der Waals surface area contributed by atoms with E-state index in [1.165, 1.54) is 14.2 Å². The molecule has 1 aromatic carbocycles. The molecule has 0 amide bonds. The average Bonchev–Trinajstić information content (AvgIpc) is 2.35. The fourth-order valence-corrected chi connectivity index (χ4v) is 1.64. The first kappa shape index (κ1) is 13.3. The van der Waals surface area contributed by atoms with Crippen LogP contribution >= 0.6 is 0 Å². The molecular weight excluding hydrogens is 222 g/mol. The number of carboxylic acid groups (broad SMARTS) is 1. The van der Waals surface area contributed by atoms with Crippen molar-refractivity contribution < 1.29 is 19.4 Å². The minimum absolute atomic E-state index is 0.411. The number of hydrogen-bond acceptors (Lipinski definition) is 4. The molecule has 0 aliphatic heterocycles. The third kappa shape index (κ3) is 2.68. The van der Waals surface area contributed by atoms with Gasteiger partial charge in [-0.2, -0.15) is 0 Å². The van der Waals surface area contributed by atoms with Gasteiger partial charge in [-0.05, 0) is 24.1 Å². The van der Waals surface area contributed by atoms with Crippen LogP contribution in [0.15, 0.2) is 12.1 Å². The molecule has 0 saturated heterocycles. The van der Waals surface area contributed by atoms with Crippen LogP contribution in [0.4, 0.5) is 0 Å². The molecular formula is C12H17NO4. The summed E-state index contributed by atoms with van der Waals surface area (Å²) in [7, 11) is 3.02. The lowest BCUT2D eigenvalue weighted by Gasteiger charge is -2.16. The van der Waals surface area contributed by atoms with E-state index in [2.05, 4.69) is 0 Å². The highest BCUT2D eigenvalue weighted by atomic mass is 16.5. The van der Waals surface area contributed by atoms with E-state index in [0.29, 0.717) is 17.1 Å². The van der Waals surface area contributed by atoms with E-state index < -0.39 is 12.0 Å². The van der Waals surface area contributed by atoms with E-state index in [-0.39, 0.29) is 0 Å². The van der Waals surface area contributed by atoms with Gasteiger partial charge in [-0.15, -0.1) is 0 Å². The summed E-state index contributed by atoms with van der Waals surface area (Å²) in [5.74, 6) is -0.00727. The van der Waals surface area contributed by atoms with E-state index in [0.717, 1.165) is 12.0 Å². The molecule has 17 heavy (non-hydrogen) atoms. The van der Waals surface area contributed by atoms with Crippen LogP contribution in [0.25, 0.3) is 0 Å². The van der Waals surface area contributed by atoms with Gasteiger partial charge >= 0.3 is 5.97 Å². The van der Waals surface area contributed by atoms with Crippen molar-refractivity contribution in [2.24, 2.45) is 5.73 Å². The van der Waals surface area contributed by atoms with E-state index in [4.69, 9.17) is 20.3 Å². The molecule has 3 N–H and O–H groups in total. The number of benzene rings is 1. The van der Waals surface area contributed by atoms with Crippen molar-refractivity contribution in [3.8, 4) is 11.5 Å². The maximum absolute atomic E-state index is 10.9. The van der Waals surface area contributed by atoms with Crippen LogP contribution in [0.1, 0.15) is 24.1 Å². The van der Waals surface area contributed by atoms with Crippen LogP contribution < -0.4 is 15.2 Å². The molecule has 0 fully saturated rings. The van der Waals surface area contributed by atoms with Crippen molar-refractivity contribution in [3.05, 3.63) is 23.3 Å². The van der Waals surface area contributed by atoms with E-state index in [1.54, 1.807) is 12.1 Å². The lowest BCUT2D eigenvalue weighted by atomic mass is 10.0. The Morgan fingerprint density at radius 2 is 1.94 bits per heavy atom. The number of rotatable bonds is 5. The third-order valence-corrected chi connectivity index (χ3v) is 2.61. The van der Waals surface area contributed by atoms with Crippen LogP contribution in [-0.4, -0.2) is 25.3 Å². The van der Waals surface area contributed by atoms with Crippen molar-refractivity contribution >= 4 is 5.97 Å². The van der Waals surface area contributed by atoms with Gasteiger partial charge in [0, 0.05) is 5.56 Å². The number of carbonyl (C=O) groups is 1. The van der Waals surface area contributed by atoms with Gasteiger partial charge in [0.25, 0.3) is 0 Å². The minimum atomic E-state index is -1.12. The lowest BCUT2D eigenvalue weighted by molar-refractivity contribution is -0.138. The molecule has 0 heterocycles. The van der Waals surface area contributed by atoms with E-state index >= 15 is 0 Å². The highest BCUT2D eigenvalue weighted by Gasteiger charge is 2.21. The zero-order valence-electron chi connectivity index (χ0n) is 10.2. The summed E-state index contributed by atoms with van der Waals surface area (Å²) in [4.78, 5) is 10.9. The van der Waals surface area contributed by atoms with Gasteiger partial charge in [0.1, 0.15) is 17.5 Å². The van der Waals surface area contributed by atoms with Gasteiger partial charge in [-0.25, -0.2) is 0 Å². The Balaban J connectivity index is 3.33. The first-order valence-corrected chi connectivity index (χ1v) is 5.28. The maximum atomic E-state index is 10.9. The van der Waals surface area contributed by atoms with Crippen LogP contribution in [0, 0.1) is 0 Å². The molecule has 0 bridgehead atoms. The number of methoxy groups -OCH3 is 2. The molecule has 94 valence electrons. The number of ether oxygens (including phenoxy) is 2.